The Balaban J connectivity index is 0.00000261. The fourth-order valence-corrected chi connectivity index (χ4v) is 4.79. The minimum absolute atomic E-state index is 0. The Morgan fingerprint density at radius 2 is 1.78 bits per heavy atom. The van der Waals surface area contributed by atoms with Crippen LogP contribution in [0.15, 0.2) is 23.1 Å². The first-order valence-corrected chi connectivity index (χ1v) is 10.0. The Bertz CT molecular complexity index is 812. The number of nitrogens with zero attached hydrogens (tertiary/aromatic N) is 2. The minimum Gasteiger partial charge on any atom is -0.339 e. The van der Waals surface area contributed by atoms with Gasteiger partial charge in [-0.15, -0.1) is 12.4 Å². The van der Waals surface area contributed by atoms with Gasteiger partial charge in [0.25, 0.3) is 5.92 Å². The van der Waals surface area contributed by atoms with E-state index in [1.807, 2.05) is 13.8 Å². The monoisotopic (exact) mass is 423 g/mol. The lowest BCUT2D eigenvalue weighted by Crippen LogP contribution is -2.54. The molecule has 0 bridgehead atoms. The zero-order chi connectivity index (χ0) is 19.1. The van der Waals surface area contributed by atoms with Gasteiger partial charge in [0.05, 0.1) is 17.5 Å². The van der Waals surface area contributed by atoms with Crippen LogP contribution in [0.1, 0.15) is 17.5 Å². The van der Waals surface area contributed by atoms with E-state index in [0.717, 1.165) is 11.1 Å². The second-order valence-corrected chi connectivity index (χ2v) is 8.91. The summed E-state index contributed by atoms with van der Waals surface area (Å²) in [5, 5.41) is 2.55. The molecular weight excluding hydrogens is 400 g/mol. The first kappa shape index (κ1) is 22.0. The number of hydrogen-bond acceptors (Lipinski definition) is 4. The molecule has 1 unspecified atom stereocenters. The number of hydrogen-bond donors (Lipinski definition) is 1. The number of nitrogens with one attached hydrogen (secondary N) is 1. The number of carbonyl (C=O) groups excluding carboxylic acids is 1. The molecule has 0 spiro atoms. The predicted molar refractivity (Wildman–Crippen MR) is 99.9 cm³/mol. The van der Waals surface area contributed by atoms with E-state index in [2.05, 4.69) is 5.32 Å². The maximum atomic E-state index is 13.3. The van der Waals surface area contributed by atoms with Crippen molar-refractivity contribution < 1.29 is 22.0 Å². The third kappa shape index (κ3) is 4.59. The van der Waals surface area contributed by atoms with Crippen molar-refractivity contribution in [2.24, 2.45) is 0 Å². The minimum atomic E-state index is -3.63. The van der Waals surface area contributed by atoms with Gasteiger partial charge in [0.1, 0.15) is 0 Å². The van der Waals surface area contributed by atoms with Crippen molar-refractivity contribution >= 4 is 28.3 Å². The second kappa shape index (κ2) is 7.98. The molecule has 0 aliphatic carbocycles. The fourth-order valence-electron chi connectivity index (χ4n) is 3.28. The zero-order valence-corrected chi connectivity index (χ0v) is 16.9. The van der Waals surface area contributed by atoms with E-state index < -0.39 is 35.0 Å². The van der Waals surface area contributed by atoms with Crippen molar-refractivity contribution in [2.75, 3.05) is 32.7 Å². The third-order valence-electron chi connectivity index (χ3n) is 5.07. The second-order valence-electron chi connectivity index (χ2n) is 6.97. The van der Waals surface area contributed by atoms with Crippen LogP contribution in [0.5, 0.6) is 0 Å². The van der Waals surface area contributed by atoms with Crippen LogP contribution in [-0.4, -0.2) is 68.2 Å². The summed E-state index contributed by atoms with van der Waals surface area (Å²) in [6.45, 7) is 3.99. The standard InChI is InChI=1S/C17H23F2N3O3S.ClH/c1-12-3-4-14(9-13(12)2)26(24,25)22-7-5-21(6-8-22)16(23)15-10-17(18,19)11-20-15;/h3-4,9,15,20H,5-8,10-11H2,1-2H3;1H. The summed E-state index contributed by atoms with van der Waals surface area (Å²) < 4.78 is 53.4. The van der Waals surface area contributed by atoms with Crippen LogP contribution in [0.25, 0.3) is 0 Å². The Morgan fingerprint density at radius 3 is 2.30 bits per heavy atom. The molecule has 1 aromatic carbocycles. The maximum absolute atomic E-state index is 13.3. The number of rotatable bonds is 3. The van der Waals surface area contributed by atoms with E-state index in [9.17, 15) is 22.0 Å². The predicted octanol–water partition coefficient (Wildman–Crippen LogP) is 1.56. The number of piperazine rings is 1. The molecule has 3 rings (SSSR count). The fraction of sp³-hybridized carbons (Fsp3) is 0.588. The molecule has 1 aromatic rings. The summed E-state index contributed by atoms with van der Waals surface area (Å²) in [4.78, 5) is 14.1. The van der Waals surface area contributed by atoms with Crippen molar-refractivity contribution in [2.45, 2.75) is 37.1 Å². The Hall–Kier alpha value is -1.29. The lowest BCUT2D eigenvalue weighted by Gasteiger charge is -2.35. The molecule has 1 N–H and O–H groups in total. The van der Waals surface area contributed by atoms with Crippen molar-refractivity contribution in [1.29, 1.82) is 0 Å². The van der Waals surface area contributed by atoms with Crippen LogP contribution in [0.4, 0.5) is 8.78 Å². The van der Waals surface area contributed by atoms with Gasteiger partial charge in [0, 0.05) is 32.6 Å². The smallest absolute Gasteiger partial charge is 0.262 e. The number of alkyl halides is 2. The van der Waals surface area contributed by atoms with E-state index in [1.54, 1.807) is 18.2 Å². The van der Waals surface area contributed by atoms with Gasteiger partial charge < -0.3 is 4.90 Å². The third-order valence-corrected chi connectivity index (χ3v) is 6.97. The van der Waals surface area contributed by atoms with Crippen molar-refractivity contribution in [1.82, 2.24) is 14.5 Å². The molecule has 1 amide bonds. The summed E-state index contributed by atoms with van der Waals surface area (Å²) in [5.41, 5.74) is 1.91. The lowest BCUT2D eigenvalue weighted by molar-refractivity contribution is -0.134. The Labute approximate surface area is 164 Å². The van der Waals surface area contributed by atoms with Gasteiger partial charge >= 0.3 is 0 Å². The van der Waals surface area contributed by atoms with Gasteiger partial charge in [0.15, 0.2) is 0 Å². The summed E-state index contributed by atoms with van der Waals surface area (Å²) in [5.74, 6) is -3.25. The van der Waals surface area contributed by atoms with Gasteiger partial charge in [-0.3, -0.25) is 10.1 Å². The Morgan fingerprint density at radius 1 is 1.15 bits per heavy atom. The molecule has 2 saturated heterocycles. The van der Waals surface area contributed by atoms with Crippen LogP contribution >= 0.6 is 12.4 Å². The molecule has 2 fully saturated rings. The molecule has 0 radical (unpaired) electrons. The van der Waals surface area contributed by atoms with Crippen molar-refractivity contribution in [3.63, 3.8) is 0 Å². The normalized spacial score (nSPS) is 23.1. The average molecular weight is 424 g/mol. The van der Waals surface area contributed by atoms with Gasteiger partial charge in [-0.05, 0) is 37.1 Å². The topological polar surface area (TPSA) is 69.7 Å². The van der Waals surface area contributed by atoms with Crippen LogP contribution in [0, 0.1) is 13.8 Å². The number of aryl methyl sites for hydroxylation is 2. The molecular formula is C17H24ClF2N3O3S. The first-order valence-electron chi connectivity index (χ1n) is 8.57. The summed E-state index contributed by atoms with van der Waals surface area (Å²) in [6, 6.07) is 4.10. The van der Waals surface area contributed by atoms with Crippen molar-refractivity contribution in [3.05, 3.63) is 29.3 Å². The van der Waals surface area contributed by atoms with E-state index >= 15 is 0 Å². The Kier molecular flexibility index (Phi) is 6.51. The average Bonchev–Trinajstić information content (AvgIpc) is 2.96. The molecule has 2 aliphatic rings. The SMILES string of the molecule is Cc1ccc(S(=O)(=O)N2CCN(C(=O)C3CC(F)(F)CN3)CC2)cc1C.Cl. The van der Waals surface area contributed by atoms with E-state index in [0.29, 0.717) is 0 Å². The van der Waals surface area contributed by atoms with Gasteiger partial charge in [-0.2, -0.15) is 4.31 Å². The number of sulfonamides is 1. The quantitative estimate of drug-likeness (QED) is 0.801. The van der Waals surface area contributed by atoms with E-state index in [4.69, 9.17) is 0 Å². The number of amides is 1. The first-order chi connectivity index (χ1) is 12.1. The van der Waals surface area contributed by atoms with Gasteiger partial charge in [0.2, 0.25) is 15.9 Å². The molecule has 2 heterocycles. The summed E-state index contributed by atoms with van der Waals surface area (Å²) in [7, 11) is -3.63. The highest BCUT2D eigenvalue weighted by Gasteiger charge is 2.44. The number of carbonyl (C=O) groups is 1. The number of halogens is 3. The largest absolute Gasteiger partial charge is 0.339 e. The van der Waals surface area contributed by atoms with Gasteiger partial charge in [-0.25, -0.2) is 17.2 Å². The van der Waals surface area contributed by atoms with Crippen LogP contribution < -0.4 is 5.32 Å². The van der Waals surface area contributed by atoms with Crippen LogP contribution in [0.3, 0.4) is 0 Å². The highest BCUT2D eigenvalue weighted by molar-refractivity contribution is 7.89. The van der Waals surface area contributed by atoms with E-state index in [1.165, 1.54) is 9.21 Å². The zero-order valence-electron chi connectivity index (χ0n) is 15.2. The highest BCUT2D eigenvalue weighted by Crippen LogP contribution is 2.27. The van der Waals surface area contributed by atoms with E-state index in [-0.39, 0.29) is 49.4 Å². The van der Waals surface area contributed by atoms with Crippen LogP contribution in [0.2, 0.25) is 0 Å². The molecule has 152 valence electrons. The lowest BCUT2D eigenvalue weighted by atomic mass is 10.1. The highest BCUT2D eigenvalue weighted by atomic mass is 35.5. The van der Waals surface area contributed by atoms with Crippen LogP contribution in [-0.2, 0) is 14.8 Å². The molecule has 2 aliphatic heterocycles. The van der Waals surface area contributed by atoms with Crippen molar-refractivity contribution in [3.8, 4) is 0 Å². The molecule has 10 heteroatoms. The number of benzene rings is 1. The molecule has 6 nitrogen and oxygen atoms in total. The molecule has 0 saturated carbocycles. The van der Waals surface area contributed by atoms with Gasteiger partial charge in [-0.1, -0.05) is 6.07 Å². The summed E-state index contributed by atoms with van der Waals surface area (Å²) in [6.07, 6.45) is -0.507. The molecule has 1 atom stereocenters. The molecule has 0 aromatic heterocycles. The molecule has 27 heavy (non-hydrogen) atoms. The maximum Gasteiger partial charge on any atom is 0.262 e. The summed E-state index contributed by atoms with van der Waals surface area (Å²) >= 11 is 0.